The maximum absolute atomic E-state index is 13.9. The molecule has 0 fully saturated rings. The zero-order valence-electron chi connectivity index (χ0n) is 17.0. The number of aryl methyl sites for hydroxylation is 1. The van der Waals surface area contributed by atoms with Crippen molar-refractivity contribution in [3.63, 3.8) is 0 Å². The molecular formula is C24H22F2N2O3. The Kier molecular flexibility index (Phi) is 6.11. The number of methoxy groups -OCH3 is 1. The fourth-order valence-electron chi connectivity index (χ4n) is 3.91. The lowest BCUT2D eigenvalue weighted by atomic mass is 9.82. The van der Waals surface area contributed by atoms with E-state index in [1.165, 1.54) is 24.8 Å². The van der Waals surface area contributed by atoms with Gasteiger partial charge in [0.2, 0.25) is 0 Å². The summed E-state index contributed by atoms with van der Waals surface area (Å²) in [5.74, 6) is -1.05. The first-order valence-electron chi connectivity index (χ1n) is 10.1. The lowest BCUT2D eigenvalue weighted by Crippen LogP contribution is -2.19. The van der Waals surface area contributed by atoms with Crippen LogP contribution in [0.25, 0.3) is 0 Å². The molecule has 1 aromatic heterocycles. The summed E-state index contributed by atoms with van der Waals surface area (Å²) in [6.07, 6.45) is 6.07. The maximum atomic E-state index is 13.9. The van der Waals surface area contributed by atoms with Crippen molar-refractivity contribution in [3.05, 3.63) is 83.2 Å². The quantitative estimate of drug-likeness (QED) is 0.532. The molecule has 1 atom stereocenters. The van der Waals surface area contributed by atoms with E-state index in [0.717, 1.165) is 30.9 Å². The summed E-state index contributed by atoms with van der Waals surface area (Å²) in [5, 5.41) is 3.33. The number of hydrogen-bond acceptors (Lipinski definition) is 5. The molecule has 5 nitrogen and oxygen atoms in total. The number of nitrogens with zero attached hydrogens (tertiary/aromatic N) is 1. The van der Waals surface area contributed by atoms with Crippen LogP contribution in [0.15, 0.2) is 54.9 Å². The number of rotatable bonds is 6. The predicted molar refractivity (Wildman–Crippen MR) is 113 cm³/mol. The molecule has 1 heterocycles. The van der Waals surface area contributed by atoms with Gasteiger partial charge in [-0.1, -0.05) is 6.07 Å². The number of fused-ring (bicyclic) bond motifs is 1. The first kappa shape index (κ1) is 20.8. The van der Waals surface area contributed by atoms with Crippen LogP contribution in [0.1, 0.15) is 40.2 Å². The second-order valence-corrected chi connectivity index (χ2v) is 7.42. The Hall–Kier alpha value is -3.48. The van der Waals surface area contributed by atoms with Crippen LogP contribution in [0.4, 0.5) is 14.5 Å². The maximum Gasteiger partial charge on any atom is 0.340 e. The molecule has 0 aliphatic heterocycles. The van der Waals surface area contributed by atoms with Gasteiger partial charge in [-0.3, -0.25) is 4.98 Å². The molecule has 1 N–H and O–H groups in total. The predicted octanol–water partition coefficient (Wildman–Crippen LogP) is 5.47. The SMILES string of the molecule is COC(=O)c1ccncc1NC[C@@H]1CCCc2cc(Oc3ccc(F)cc3F)ccc21. The van der Waals surface area contributed by atoms with E-state index in [4.69, 9.17) is 9.47 Å². The summed E-state index contributed by atoms with van der Waals surface area (Å²) < 4.78 is 37.5. The highest BCUT2D eigenvalue weighted by Crippen LogP contribution is 2.35. The topological polar surface area (TPSA) is 60.5 Å². The first-order valence-corrected chi connectivity index (χ1v) is 10.1. The molecule has 0 saturated heterocycles. The average molecular weight is 424 g/mol. The number of halogens is 2. The highest BCUT2D eigenvalue weighted by atomic mass is 19.1. The number of carbonyl (C=O) groups excluding carboxylic acids is 1. The van der Waals surface area contributed by atoms with E-state index >= 15 is 0 Å². The van der Waals surface area contributed by atoms with Crippen molar-refractivity contribution >= 4 is 11.7 Å². The van der Waals surface area contributed by atoms with Crippen molar-refractivity contribution < 1.29 is 23.0 Å². The Morgan fingerprint density at radius 3 is 2.87 bits per heavy atom. The van der Waals surface area contributed by atoms with Crippen LogP contribution in [0.2, 0.25) is 0 Å². The Balaban J connectivity index is 1.49. The monoisotopic (exact) mass is 424 g/mol. The number of hydrogen-bond donors (Lipinski definition) is 1. The molecule has 4 rings (SSSR count). The van der Waals surface area contributed by atoms with E-state index in [1.807, 2.05) is 12.1 Å². The van der Waals surface area contributed by atoms with Crippen LogP contribution in [0.5, 0.6) is 11.5 Å². The van der Waals surface area contributed by atoms with Gasteiger partial charge in [0.15, 0.2) is 11.6 Å². The third-order valence-electron chi connectivity index (χ3n) is 5.44. The molecule has 0 amide bonds. The highest BCUT2D eigenvalue weighted by Gasteiger charge is 2.22. The number of ether oxygens (including phenoxy) is 2. The van der Waals surface area contributed by atoms with Crippen LogP contribution in [0.3, 0.4) is 0 Å². The minimum Gasteiger partial charge on any atom is -0.465 e. The number of pyridine rings is 1. The summed E-state index contributed by atoms with van der Waals surface area (Å²) in [6, 6.07) is 10.6. The third kappa shape index (κ3) is 4.66. The molecule has 0 saturated carbocycles. The fourth-order valence-corrected chi connectivity index (χ4v) is 3.91. The van der Waals surface area contributed by atoms with Crippen molar-refractivity contribution in [2.24, 2.45) is 0 Å². The molecule has 1 aliphatic carbocycles. The molecular weight excluding hydrogens is 402 g/mol. The zero-order chi connectivity index (χ0) is 21.8. The van der Waals surface area contributed by atoms with Gasteiger partial charge in [-0.05, 0) is 60.7 Å². The lowest BCUT2D eigenvalue weighted by Gasteiger charge is -2.27. The molecule has 0 radical (unpaired) electrons. The van der Waals surface area contributed by atoms with Gasteiger partial charge in [0.05, 0.1) is 24.6 Å². The molecule has 0 unspecified atom stereocenters. The van der Waals surface area contributed by atoms with E-state index in [-0.39, 0.29) is 11.7 Å². The summed E-state index contributed by atoms with van der Waals surface area (Å²) in [4.78, 5) is 16.1. The van der Waals surface area contributed by atoms with Crippen LogP contribution in [0, 0.1) is 11.6 Å². The van der Waals surface area contributed by atoms with Crippen LogP contribution in [-0.2, 0) is 11.2 Å². The second kappa shape index (κ2) is 9.12. The Morgan fingerprint density at radius 1 is 1.19 bits per heavy atom. The van der Waals surface area contributed by atoms with Crippen molar-refractivity contribution in [2.45, 2.75) is 25.2 Å². The second-order valence-electron chi connectivity index (χ2n) is 7.42. The van der Waals surface area contributed by atoms with Gasteiger partial charge in [0.25, 0.3) is 0 Å². The molecule has 0 bridgehead atoms. The Labute approximate surface area is 179 Å². The van der Waals surface area contributed by atoms with E-state index in [1.54, 1.807) is 24.5 Å². The summed E-state index contributed by atoms with van der Waals surface area (Å²) >= 11 is 0. The average Bonchev–Trinajstić information content (AvgIpc) is 2.79. The first-order chi connectivity index (χ1) is 15.0. The standard InChI is InChI=1S/C24H22F2N2O3/c1-30-24(29)20-9-10-27-14-22(20)28-13-16-4-2-3-15-11-18(6-7-19(15)16)31-23-8-5-17(25)12-21(23)26/h5-12,14,16,28H,2-4,13H2,1H3/t16-/m0/s1. The minimum atomic E-state index is -0.738. The Bertz CT molecular complexity index is 1100. The largest absolute Gasteiger partial charge is 0.465 e. The lowest BCUT2D eigenvalue weighted by molar-refractivity contribution is 0.0601. The third-order valence-corrected chi connectivity index (χ3v) is 5.44. The van der Waals surface area contributed by atoms with Crippen molar-refractivity contribution in [2.75, 3.05) is 19.0 Å². The smallest absolute Gasteiger partial charge is 0.340 e. The summed E-state index contributed by atoms with van der Waals surface area (Å²) in [5.41, 5.74) is 3.40. The summed E-state index contributed by atoms with van der Waals surface area (Å²) in [6.45, 7) is 0.634. The fraction of sp³-hybridized carbons (Fsp3) is 0.250. The normalized spacial score (nSPS) is 15.1. The number of aromatic nitrogens is 1. The Morgan fingerprint density at radius 2 is 2.06 bits per heavy atom. The number of esters is 1. The number of nitrogens with one attached hydrogen (secondary N) is 1. The summed E-state index contributed by atoms with van der Waals surface area (Å²) in [7, 11) is 1.35. The van der Waals surface area contributed by atoms with E-state index < -0.39 is 17.6 Å². The van der Waals surface area contributed by atoms with Gasteiger partial charge in [-0.2, -0.15) is 0 Å². The number of anilines is 1. The van der Waals surface area contributed by atoms with Crippen LogP contribution in [-0.4, -0.2) is 24.6 Å². The molecule has 31 heavy (non-hydrogen) atoms. The van der Waals surface area contributed by atoms with Crippen molar-refractivity contribution in [1.82, 2.24) is 4.98 Å². The molecule has 2 aromatic carbocycles. The van der Waals surface area contributed by atoms with Gasteiger partial charge >= 0.3 is 5.97 Å². The van der Waals surface area contributed by atoms with Gasteiger partial charge in [0, 0.05) is 24.7 Å². The van der Waals surface area contributed by atoms with Gasteiger partial charge < -0.3 is 14.8 Å². The van der Waals surface area contributed by atoms with Gasteiger partial charge in [0.1, 0.15) is 11.6 Å². The van der Waals surface area contributed by atoms with Crippen molar-refractivity contribution in [3.8, 4) is 11.5 Å². The van der Waals surface area contributed by atoms with E-state index in [9.17, 15) is 13.6 Å². The van der Waals surface area contributed by atoms with E-state index in [2.05, 4.69) is 10.3 Å². The molecule has 1 aliphatic rings. The highest BCUT2D eigenvalue weighted by molar-refractivity contribution is 5.95. The van der Waals surface area contributed by atoms with E-state index in [0.29, 0.717) is 23.5 Å². The number of carbonyl (C=O) groups is 1. The molecule has 7 heteroatoms. The van der Waals surface area contributed by atoms with Crippen LogP contribution < -0.4 is 10.1 Å². The zero-order valence-corrected chi connectivity index (χ0v) is 17.0. The van der Waals surface area contributed by atoms with Gasteiger partial charge in [-0.15, -0.1) is 0 Å². The van der Waals surface area contributed by atoms with Crippen LogP contribution >= 0.6 is 0 Å². The molecule has 160 valence electrons. The number of benzene rings is 2. The molecule has 3 aromatic rings. The van der Waals surface area contributed by atoms with Crippen molar-refractivity contribution in [1.29, 1.82) is 0 Å². The minimum absolute atomic E-state index is 0.0118. The van der Waals surface area contributed by atoms with Gasteiger partial charge in [-0.25, -0.2) is 13.6 Å². The molecule has 0 spiro atoms.